The molecule has 0 amide bonds. The Bertz CT molecular complexity index is 1220. The third-order valence-electron chi connectivity index (χ3n) is 6.20. The van der Waals surface area contributed by atoms with Gasteiger partial charge in [0, 0.05) is 17.3 Å². The first kappa shape index (κ1) is 20.0. The third kappa shape index (κ3) is 3.88. The number of fused-ring (bicyclic) bond motifs is 2. The van der Waals surface area contributed by atoms with Gasteiger partial charge in [-0.1, -0.05) is 66.2 Å². The standard InChI is InChI=1S/C28H26ClNO/c1-28(2,31-25-15-12-23(29)13-16-25)27-26-10-6-5-8-21(26)17-18-30(27)24-14-11-20-7-3-4-9-22(20)19-24/h3-16,19,27H,17-18H2,1-2H3. The Morgan fingerprint density at radius 2 is 1.55 bits per heavy atom. The summed E-state index contributed by atoms with van der Waals surface area (Å²) in [5.74, 6) is 0.830. The summed E-state index contributed by atoms with van der Waals surface area (Å²) in [4.78, 5) is 2.50. The van der Waals surface area contributed by atoms with Gasteiger partial charge < -0.3 is 9.64 Å². The van der Waals surface area contributed by atoms with Crippen LogP contribution >= 0.6 is 11.6 Å². The minimum absolute atomic E-state index is 0.0780. The molecule has 0 aliphatic carbocycles. The first-order valence-electron chi connectivity index (χ1n) is 10.8. The summed E-state index contributed by atoms with van der Waals surface area (Å²) in [6.45, 7) is 5.32. The fourth-order valence-electron chi connectivity index (χ4n) is 4.81. The van der Waals surface area contributed by atoms with Gasteiger partial charge in [-0.15, -0.1) is 0 Å². The van der Waals surface area contributed by atoms with E-state index in [2.05, 4.69) is 85.5 Å². The van der Waals surface area contributed by atoms with E-state index in [0.717, 1.165) is 18.7 Å². The highest BCUT2D eigenvalue weighted by Crippen LogP contribution is 2.43. The minimum atomic E-state index is -0.462. The molecule has 0 saturated carbocycles. The van der Waals surface area contributed by atoms with Crippen molar-refractivity contribution in [3.63, 3.8) is 0 Å². The highest BCUT2D eigenvalue weighted by atomic mass is 35.5. The van der Waals surface area contributed by atoms with Crippen LogP contribution in [0.4, 0.5) is 5.69 Å². The number of benzene rings is 4. The maximum absolute atomic E-state index is 6.59. The van der Waals surface area contributed by atoms with Crippen molar-refractivity contribution in [2.24, 2.45) is 0 Å². The van der Waals surface area contributed by atoms with Gasteiger partial charge >= 0.3 is 0 Å². The number of rotatable bonds is 4. The zero-order valence-corrected chi connectivity index (χ0v) is 18.6. The molecule has 0 aromatic heterocycles. The number of halogens is 1. The molecule has 4 aromatic carbocycles. The average molecular weight is 428 g/mol. The fraction of sp³-hybridized carbons (Fsp3) is 0.214. The molecule has 2 nitrogen and oxygen atoms in total. The van der Waals surface area contributed by atoms with Gasteiger partial charge in [0.2, 0.25) is 0 Å². The van der Waals surface area contributed by atoms with E-state index in [0.29, 0.717) is 5.02 Å². The van der Waals surface area contributed by atoms with Crippen molar-refractivity contribution >= 4 is 28.1 Å². The van der Waals surface area contributed by atoms with Gasteiger partial charge in [-0.2, -0.15) is 0 Å². The fourth-order valence-corrected chi connectivity index (χ4v) is 4.94. The van der Waals surface area contributed by atoms with Crippen LogP contribution in [0.5, 0.6) is 5.75 Å². The number of hydrogen-bond donors (Lipinski definition) is 0. The van der Waals surface area contributed by atoms with Crippen LogP contribution in [0.25, 0.3) is 10.8 Å². The maximum Gasteiger partial charge on any atom is 0.128 e. The molecule has 0 saturated heterocycles. The first-order valence-corrected chi connectivity index (χ1v) is 11.2. The number of anilines is 1. The summed E-state index contributed by atoms with van der Waals surface area (Å²) in [5.41, 5.74) is 3.50. The van der Waals surface area contributed by atoms with Crippen molar-refractivity contribution in [3.8, 4) is 5.75 Å². The lowest BCUT2D eigenvalue weighted by Gasteiger charge is -2.47. The third-order valence-corrected chi connectivity index (χ3v) is 6.45. The number of hydrogen-bond acceptors (Lipinski definition) is 2. The second-order valence-corrected chi connectivity index (χ2v) is 9.17. The Labute approximate surface area is 189 Å². The molecule has 0 spiro atoms. The molecule has 1 aliphatic heterocycles. The van der Waals surface area contributed by atoms with E-state index < -0.39 is 5.60 Å². The molecule has 1 heterocycles. The van der Waals surface area contributed by atoms with E-state index >= 15 is 0 Å². The van der Waals surface area contributed by atoms with Gasteiger partial charge in [0.15, 0.2) is 0 Å². The van der Waals surface area contributed by atoms with Crippen LogP contribution in [-0.4, -0.2) is 12.1 Å². The molecule has 1 atom stereocenters. The van der Waals surface area contributed by atoms with Crippen LogP contribution in [0.2, 0.25) is 5.02 Å². The van der Waals surface area contributed by atoms with E-state index in [1.807, 2.05) is 24.3 Å². The summed E-state index contributed by atoms with van der Waals surface area (Å²) in [6.07, 6.45) is 1.02. The van der Waals surface area contributed by atoms with E-state index in [1.54, 1.807) is 0 Å². The van der Waals surface area contributed by atoms with Crippen LogP contribution in [0.1, 0.15) is 31.0 Å². The highest BCUT2D eigenvalue weighted by molar-refractivity contribution is 6.30. The molecule has 4 aromatic rings. The van der Waals surface area contributed by atoms with Crippen LogP contribution in [0, 0.1) is 0 Å². The van der Waals surface area contributed by atoms with Gasteiger partial charge in [-0.05, 0) is 78.6 Å². The second-order valence-electron chi connectivity index (χ2n) is 8.74. The molecule has 31 heavy (non-hydrogen) atoms. The zero-order valence-electron chi connectivity index (χ0n) is 17.9. The van der Waals surface area contributed by atoms with E-state index in [1.165, 1.54) is 27.6 Å². The topological polar surface area (TPSA) is 12.5 Å². The van der Waals surface area contributed by atoms with Crippen molar-refractivity contribution in [3.05, 3.63) is 107 Å². The average Bonchev–Trinajstić information content (AvgIpc) is 2.79. The lowest BCUT2D eigenvalue weighted by atomic mass is 9.83. The summed E-state index contributed by atoms with van der Waals surface area (Å²) >= 11 is 6.09. The molecular formula is C28H26ClNO. The molecule has 1 aliphatic rings. The van der Waals surface area contributed by atoms with Crippen LogP contribution in [-0.2, 0) is 6.42 Å². The Kier molecular flexibility index (Phi) is 5.11. The maximum atomic E-state index is 6.59. The summed E-state index contributed by atoms with van der Waals surface area (Å²) < 4.78 is 6.59. The SMILES string of the molecule is CC(C)(Oc1ccc(Cl)cc1)C1c2ccccc2CCN1c1ccc2ccccc2c1. The Hall–Kier alpha value is -2.97. The van der Waals surface area contributed by atoms with Crippen molar-refractivity contribution < 1.29 is 4.74 Å². The smallest absolute Gasteiger partial charge is 0.128 e. The predicted octanol–water partition coefficient (Wildman–Crippen LogP) is 7.45. The summed E-state index contributed by atoms with van der Waals surface area (Å²) in [6, 6.07) is 31.8. The van der Waals surface area contributed by atoms with Crippen LogP contribution < -0.4 is 9.64 Å². The lowest BCUT2D eigenvalue weighted by Crippen LogP contribution is -2.49. The Morgan fingerprint density at radius 3 is 2.35 bits per heavy atom. The van der Waals surface area contributed by atoms with Crippen molar-refractivity contribution in [1.82, 2.24) is 0 Å². The quantitative estimate of drug-likeness (QED) is 0.335. The Morgan fingerprint density at radius 1 is 0.839 bits per heavy atom. The van der Waals surface area contributed by atoms with Crippen molar-refractivity contribution in [2.45, 2.75) is 31.9 Å². The normalized spacial score (nSPS) is 16.2. The largest absolute Gasteiger partial charge is 0.485 e. The van der Waals surface area contributed by atoms with E-state index in [4.69, 9.17) is 16.3 Å². The molecule has 3 heteroatoms. The second kappa shape index (κ2) is 7.94. The molecule has 0 bridgehead atoms. The van der Waals surface area contributed by atoms with Crippen molar-refractivity contribution in [1.29, 1.82) is 0 Å². The lowest BCUT2D eigenvalue weighted by molar-refractivity contribution is 0.0734. The minimum Gasteiger partial charge on any atom is -0.485 e. The monoisotopic (exact) mass is 427 g/mol. The molecule has 0 N–H and O–H groups in total. The van der Waals surface area contributed by atoms with E-state index in [-0.39, 0.29) is 6.04 Å². The molecular weight excluding hydrogens is 402 g/mol. The zero-order chi connectivity index (χ0) is 21.4. The first-order chi connectivity index (χ1) is 15.0. The number of ether oxygens (including phenoxy) is 1. The molecule has 0 fully saturated rings. The van der Waals surface area contributed by atoms with Crippen LogP contribution in [0.15, 0.2) is 91.0 Å². The Balaban J connectivity index is 1.58. The molecule has 0 radical (unpaired) electrons. The van der Waals surface area contributed by atoms with Gasteiger partial charge in [0.25, 0.3) is 0 Å². The van der Waals surface area contributed by atoms with Gasteiger partial charge in [0.1, 0.15) is 11.4 Å². The van der Waals surface area contributed by atoms with E-state index in [9.17, 15) is 0 Å². The van der Waals surface area contributed by atoms with Gasteiger partial charge in [-0.3, -0.25) is 0 Å². The summed E-state index contributed by atoms with van der Waals surface area (Å²) in [7, 11) is 0. The number of nitrogens with zero attached hydrogens (tertiary/aromatic N) is 1. The summed E-state index contributed by atoms with van der Waals surface area (Å²) in [5, 5.41) is 3.23. The predicted molar refractivity (Wildman–Crippen MR) is 130 cm³/mol. The van der Waals surface area contributed by atoms with Crippen LogP contribution in [0.3, 0.4) is 0 Å². The highest BCUT2D eigenvalue weighted by Gasteiger charge is 2.41. The molecule has 156 valence electrons. The molecule has 5 rings (SSSR count). The van der Waals surface area contributed by atoms with Crippen molar-refractivity contribution in [2.75, 3.05) is 11.4 Å². The van der Waals surface area contributed by atoms with Gasteiger partial charge in [-0.25, -0.2) is 0 Å². The molecule has 1 unspecified atom stereocenters. The van der Waals surface area contributed by atoms with Gasteiger partial charge in [0.05, 0.1) is 6.04 Å².